The molecule has 120 valence electrons. The molecule has 2 amide bonds. The molecule has 0 heterocycles. The fourth-order valence-electron chi connectivity index (χ4n) is 1.77. The zero-order chi connectivity index (χ0) is 16.5. The largest absolute Gasteiger partial charge is 0.480 e. The van der Waals surface area contributed by atoms with Gasteiger partial charge in [0.15, 0.2) is 0 Å². The van der Waals surface area contributed by atoms with Gasteiger partial charge in [0.2, 0.25) is 5.91 Å². The Balaban J connectivity index is 2.45. The van der Waals surface area contributed by atoms with E-state index in [0.29, 0.717) is 18.4 Å². The van der Waals surface area contributed by atoms with Crippen molar-refractivity contribution in [3.63, 3.8) is 0 Å². The fourth-order valence-corrected chi connectivity index (χ4v) is 2.04. The first-order chi connectivity index (χ1) is 10.4. The van der Waals surface area contributed by atoms with E-state index in [2.05, 4.69) is 26.6 Å². The van der Waals surface area contributed by atoms with E-state index in [9.17, 15) is 14.4 Å². The Kier molecular flexibility index (Phi) is 7.59. The first-order valence-corrected chi connectivity index (χ1v) is 7.79. The molecule has 22 heavy (non-hydrogen) atoms. The lowest BCUT2D eigenvalue weighted by molar-refractivity contribution is -0.141. The van der Waals surface area contributed by atoms with E-state index in [0.717, 1.165) is 10.9 Å². The van der Waals surface area contributed by atoms with E-state index >= 15 is 0 Å². The Labute approximate surface area is 137 Å². The molecule has 0 radical (unpaired) electrons. The first-order valence-electron chi connectivity index (χ1n) is 7.00. The highest BCUT2D eigenvalue weighted by Gasteiger charge is 2.19. The van der Waals surface area contributed by atoms with Crippen LogP contribution in [0, 0.1) is 0 Å². The van der Waals surface area contributed by atoms with Crippen LogP contribution in [0.3, 0.4) is 0 Å². The molecule has 3 N–H and O–H groups in total. The minimum absolute atomic E-state index is 0.259. The number of halogens is 1. The minimum atomic E-state index is -1.07. The number of rotatable bonds is 8. The molecular formula is C15H19BrN2O4. The van der Waals surface area contributed by atoms with Crippen LogP contribution in [0.5, 0.6) is 0 Å². The van der Waals surface area contributed by atoms with Crippen molar-refractivity contribution in [3.8, 4) is 0 Å². The zero-order valence-corrected chi connectivity index (χ0v) is 13.9. The molecule has 0 spiro atoms. The van der Waals surface area contributed by atoms with E-state index in [1.54, 1.807) is 24.3 Å². The predicted molar refractivity (Wildman–Crippen MR) is 85.6 cm³/mol. The van der Waals surface area contributed by atoms with Crippen LogP contribution in [0.1, 0.15) is 36.5 Å². The van der Waals surface area contributed by atoms with Gasteiger partial charge in [-0.3, -0.25) is 9.59 Å². The summed E-state index contributed by atoms with van der Waals surface area (Å²) >= 11 is 3.27. The Morgan fingerprint density at radius 1 is 1.23 bits per heavy atom. The summed E-state index contributed by atoms with van der Waals surface area (Å²) in [7, 11) is 0. The van der Waals surface area contributed by atoms with Crippen molar-refractivity contribution in [1.29, 1.82) is 0 Å². The first kappa shape index (κ1) is 18.2. The van der Waals surface area contributed by atoms with Gasteiger partial charge in [0, 0.05) is 10.0 Å². The molecule has 1 aromatic rings. The van der Waals surface area contributed by atoms with Crippen molar-refractivity contribution in [3.05, 3.63) is 34.3 Å². The molecule has 0 aliphatic heterocycles. The number of carboxylic acids is 1. The van der Waals surface area contributed by atoms with Crippen molar-refractivity contribution in [2.45, 2.75) is 32.2 Å². The predicted octanol–water partition coefficient (Wildman–Crippen LogP) is 1.94. The molecule has 1 unspecified atom stereocenters. The van der Waals surface area contributed by atoms with Gasteiger partial charge >= 0.3 is 5.97 Å². The molecule has 0 bridgehead atoms. The number of amides is 2. The average molecular weight is 371 g/mol. The Bertz CT molecular complexity index is 531. The average Bonchev–Trinajstić information content (AvgIpc) is 2.49. The number of carbonyl (C=O) groups excluding carboxylic acids is 2. The van der Waals surface area contributed by atoms with Crippen LogP contribution in [0.2, 0.25) is 0 Å². The highest BCUT2D eigenvalue weighted by molar-refractivity contribution is 9.10. The molecule has 0 aliphatic rings. The molecule has 0 aliphatic carbocycles. The van der Waals surface area contributed by atoms with Crippen molar-refractivity contribution < 1.29 is 19.5 Å². The Hall–Kier alpha value is -1.89. The molecule has 0 fully saturated rings. The van der Waals surface area contributed by atoms with Gasteiger partial charge in [-0.25, -0.2) is 4.79 Å². The second-order valence-electron chi connectivity index (χ2n) is 4.79. The number of carbonyl (C=O) groups is 3. The van der Waals surface area contributed by atoms with Gasteiger partial charge in [0.1, 0.15) is 6.04 Å². The number of benzene rings is 1. The Morgan fingerprint density at radius 2 is 1.86 bits per heavy atom. The van der Waals surface area contributed by atoms with Gasteiger partial charge in [0.05, 0.1) is 6.54 Å². The summed E-state index contributed by atoms with van der Waals surface area (Å²) in [6.07, 6.45) is 1.93. The van der Waals surface area contributed by atoms with E-state index in [-0.39, 0.29) is 12.5 Å². The van der Waals surface area contributed by atoms with Crippen molar-refractivity contribution in [2.24, 2.45) is 0 Å². The number of hydrogen-bond acceptors (Lipinski definition) is 3. The molecule has 1 aromatic carbocycles. The summed E-state index contributed by atoms with van der Waals surface area (Å²) in [5, 5.41) is 13.9. The quantitative estimate of drug-likeness (QED) is 0.651. The van der Waals surface area contributed by atoms with E-state index in [1.807, 2.05) is 6.92 Å². The molecular weight excluding hydrogens is 352 g/mol. The van der Waals surface area contributed by atoms with Gasteiger partial charge in [-0.15, -0.1) is 0 Å². The van der Waals surface area contributed by atoms with E-state index in [1.165, 1.54) is 0 Å². The maximum absolute atomic E-state index is 11.8. The van der Waals surface area contributed by atoms with Crippen molar-refractivity contribution in [2.75, 3.05) is 6.54 Å². The normalized spacial score (nSPS) is 11.5. The van der Waals surface area contributed by atoms with E-state index in [4.69, 9.17) is 5.11 Å². The number of carboxylic acid groups (broad SMARTS) is 1. The van der Waals surface area contributed by atoms with Crippen LogP contribution in [-0.2, 0) is 9.59 Å². The number of aliphatic carboxylic acids is 1. The molecule has 1 rings (SSSR count). The lowest BCUT2D eigenvalue weighted by Crippen LogP contribution is -2.45. The maximum Gasteiger partial charge on any atom is 0.326 e. The third-order valence-electron chi connectivity index (χ3n) is 3.00. The minimum Gasteiger partial charge on any atom is -0.480 e. The van der Waals surface area contributed by atoms with Crippen LogP contribution in [0.15, 0.2) is 28.7 Å². The second-order valence-corrected chi connectivity index (χ2v) is 5.71. The molecule has 6 nitrogen and oxygen atoms in total. The van der Waals surface area contributed by atoms with Crippen LogP contribution < -0.4 is 10.6 Å². The number of unbranched alkanes of at least 4 members (excludes halogenated alkanes) is 1. The number of hydrogen-bond donors (Lipinski definition) is 3. The Morgan fingerprint density at radius 3 is 2.41 bits per heavy atom. The standard InChI is InChI=1S/C15H19BrN2O4/c1-2-3-4-12(15(21)22)18-13(19)9-17-14(20)10-5-7-11(16)8-6-10/h5-8,12H,2-4,9H2,1H3,(H,17,20)(H,18,19)(H,21,22). The fraction of sp³-hybridized carbons (Fsp3) is 0.400. The highest BCUT2D eigenvalue weighted by atomic mass is 79.9. The van der Waals surface area contributed by atoms with Crippen LogP contribution in [-0.4, -0.2) is 35.5 Å². The summed E-state index contributed by atoms with van der Waals surface area (Å²) in [4.78, 5) is 34.6. The van der Waals surface area contributed by atoms with Crippen molar-refractivity contribution >= 4 is 33.7 Å². The maximum atomic E-state index is 11.8. The lowest BCUT2D eigenvalue weighted by Gasteiger charge is -2.14. The zero-order valence-electron chi connectivity index (χ0n) is 12.3. The highest BCUT2D eigenvalue weighted by Crippen LogP contribution is 2.10. The SMILES string of the molecule is CCCCC(NC(=O)CNC(=O)c1ccc(Br)cc1)C(=O)O. The summed E-state index contributed by atoms with van der Waals surface area (Å²) in [5.74, 6) is -1.97. The summed E-state index contributed by atoms with van der Waals surface area (Å²) < 4.78 is 0.849. The third kappa shape index (κ3) is 6.26. The van der Waals surface area contributed by atoms with E-state index < -0.39 is 17.9 Å². The topological polar surface area (TPSA) is 95.5 Å². The summed E-state index contributed by atoms with van der Waals surface area (Å²) in [6, 6.07) is 5.77. The molecule has 0 aromatic heterocycles. The molecule has 7 heteroatoms. The summed E-state index contributed by atoms with van der Waals surface area (Å²) in [5.41, 5.74) is 0.428. The smallest absolute Gasteiger partial charge is 0.326 e. The molecule has 0 saturated carbocycles. The van der Waals surface area contributed by atoms with Gasteiger partial charge < -0.3 is 15.7 Å². The summed E-state index contributed by atoms with van der Waals surface area (Å²) in [6.45, 7) is 1.68. The van der Waals surface area contributed by atoms with Gasteiger partial charge in [-0.2, -0.15) is 0 Å². The lowest BCUT2D eigenvalue weighted by atomic mass is 10.1. The third-order valence-corrected chi connectivity index (χ3v) is 3.52. The molecule has 0 saturated heterocycles. The number of nitrogens with one attached hydrogen (secondary N) is 2. The van der Waals surface area contributed by atoms with Gasteiger partial charge in [-0.05, 0) is 30.7 Å². The van der Waals surface area contributed by atoms with Gasteiger partial charge in [0.25, 0.3) is 5.91 Å². The van der Waals surface area contributed by atoms with Crippen LogP contribution in [0.4, 0.5) is 0 Å². The monoisotopic (exact) mass is 370 g/mol. The molecule has 1 atom stereocenters. The second kappa shape index (κ2) is 9.19. The van der Waals surface area contributed by atoms with Crippen molar-refractivity contribution in [1.82, 2.24) is 10.6 Å². The van der Waals surface area contributed by atoms with Crippen LogP contribution in [0.25, 0.3) is 0 Å². The van der Waals surface area contributed by atoms with Gasteiger partial charge in [-0.1, -0.05) is 35.7 Å². The van der Waals surface area contributed by atoms with Crippen LogP contribution >= 0.6 is 15.9 Å².